The van der Waals surface area contributed by atoms with Crippen LogP contribution in [0.15, 0.2) is 85.1 Å². The van der Waals surface area contributed by atoms with Crippen LogP contribution in [0.5, 0.6) is 0 Å². The van der Waals surface area contributed by atoms with E-state index >= 15 is 0 Å². The third kappa shape index (κ3) is 3.93. The van der Waals surface area contributed by atoms with Crippen LogP contribution in [0.3, 0.4) is 0 Å². The molecule has 0 unspecified atom stereocenters. The maximum Gasteiger partial charge on any atom is 0.270 e. The van der Waals surface area contributed by atoms with E-state index in [0.717, 1.165) is 5.69 Å². The van der Waals surface area contributed by atoms with Crippen molar-refractivity contribution in [2.45, 2.75) is 0 Å². The van der Waals surface area contributed by atoms with Gasteiger partial charge in [0.15, 0.2) is 0 Å². The highest BCUT2D eigenvalue weighted by molar-refractivity contribution is 6.08. The van der Waals surface area contributed by atoms with Crippen molar-refractivity contribution in [1.29, 1.82) is 0 Å². The maximum absolute atomic E-state index is 13.1. The molecule has 0 aliphatic rings. The van der Waals surface area contributed by atoms with E-state index < -0.39 is 16.6 Å². The average molecular weight is 402 g/mol. The summed E-state index contributed by atoms with van der Waals surface area (Å²) < 4.78 is 14.7. The molecule has 3 aromatic carbocycles. The van der Waals surface area contributed by atoms with Crippen molar-refractivity contribution in [3.05, 3.63) is 107 Å². The molecule has 7 nitrogen and oxygen atoms in total. The number of halogens is 1. The number of benzene rings is 3. The Morgan fingerprint density at radius 1 is 1.00 bits per heavy atom. The monoisotopic (exact) mass is 402 g/mol. The second-order valence-corrected chi connectivity index (χ2v) is 6.44. The standard InChI is InChI=1S/C22H15FN4O3/c23-16-9-11-17(12-10-16)24-22(28)20-14-26(18-6-2-1-3-7-18)25-21(20)15-5-4-8-19(13-15)27(29)30/h1-14H,(H,24,28). The number of para-hydroxylation sites is 1. The molecule has 4 aromatic rings. The van der Waals surface area contributed by atoms with Crippen molar-refractivity contribution < 1.29 is 14.1 Å². The molecule has 1 aromatic heterocycles. The summed E-state index contributed by atoms with van der Waals surface area (Å²) in [5.41, 5.74) is 1.99. The highest BCUT2D eigenvalue weighted by Gasteiger charge is 2.20. The van der Waals surface area contributed by atoms with Crippen LogP contribution in [0.2, 0.25) is 0 Å². The van der Waals surface area contributed by atoms with Crippen LogP contribution in [0.1, 0.15) is 10.4 Å². The van der Waals surface area contributed by atoms with E-state index in [1.54, 1.807) is 12.3 Å². The molecule has 8 heteroatoms. The van der Waals surface area contributed by atoms with Crippen LogP contribution < -0.4 is 5.32 Å². The number of rotatable bonds is 5. The van der Waals surface area contributed by atoms with Gasteiger partial charge in [0.05, 0.1) is 16.2 Å². The molecule has 0 aliphatic carbocycles. The predicted octanol–water partition coefficient (Wildman–Crippen LogP) is 4.84. The zero-order valence-electron chi connectivity index (χ0n) is 15.5. The molecule has 0 saturated heterocycles. The van der Waals surface area contributed by atoms with E-state index in [9.17, 15) is 19.3 Å². The van der Waals surface area contributed by atoms with Gasteiger partial charge in [-0.3, -0.25) is 14.9 Å². The number of non-ortho nitro benzene ring substituents is 1. The molecule has 0 bridgehead atoms. The summed E-state index contributed by atoms with van der Waals surface area (Å²) in [6, 6.07) is 20.5. The SMILES string of the molecule is O=C(Nc1ccc(F)cc1)c1cn(-c2ccccc2)nc1-c1cccc([N+](=O)[O-])c1. The van der Waals surface area contributed by atoms with Gasteiger partial charge in [0, 0.05) is 29.6 Å². The fourth-order valence-corrected chi connectivity index (χ4v) is 2.96. The number of anilines is 1. The van der Waals surface area contributed by atoms with Crippen molar-refractivity contribution in [2.24, 2.45) is 0 Å². The topological polar surface area (TPSA) is 90.1 Å². The Kier molecular flexibility index (Phi) is 5.04. The maximum atomic E-state index is 13.1. The average Bonchev–Trinajstić information content (AvgIpc) is 3.22. The Labute approximate surface area is 170 Å². The summed E-state index contributed by atoms with van der Waals surface area (Å²) in [5.74, 6) is -0.882. The Hall–Kier alpha value is -4.33. The van der Waals surface area contributed by atoms with Crippen LogP contribution in [0, 0.1) is 15.9 Å². The third-order valence-electron chi connectivity index (χ3n) is 4.41. The number of nitrogens with zero attached hydrogens (tertiary/aromatic N) is 3. The quantitative estimate of drug-likeness (QED) is 0.382. The van der Waals surface area contributed by atoms with E-state index in [4.69, 9.17) is 0 Å². The number of nitrogens with one attached hydrogen (secondary N) is 1. The van der Waals surface area contributed by atoms with Crippen molar-refractivity contribution in [3.8, 4) is 16.9 Å². The van der Waals surface area contributed by atoms with Gasteiger partial charge in [-0.15, -0.1) is 0 Å². The van der Waals surface area contributed by atoms with Crippen LogP contribution >= 0.6 is 0 Å². The molecule has 1 heterocycles. The third-order valence-corrected chi connectivity index (χ3v) is 4.41. The largest absolute Gasteiger partial charge is 0.322 e. The Balaban J connectivity index is 1.78. The number of hydrogen-bond donors (Lipinski definition) is 1. The van der Waals surface area contributed by atoms with Crippen molar-refractivity contribution >= 4 is 17.3 Å². The number of aromatic nitrogens is 2. The van der Waals surface area contributed by atoms with Crippen LogP contribution in [-0.4, -0.2) is 20.6 Å². The minimum Gasteiger partial charge on any atom is -0.322 e. The first-order valence-electron chi connectivity index (χ1n) is 8.98. The molecule has 0 aliphatic heterocycles. The normalized spacial score (nSPS) is 10.6. The Bertz CT molecular complexity index is 1220. The molecule has 0 radical (unpaired) electrons. The molecule has 1 amide bonds. The minimum absolute atomic E-state index is 0.105. The number of nitro groups is 1. The van der Waals surface area contributed by atoms with E-state index in [1.807, 2.05) is 30.3 Å². The first-order chi connectivity index (χ1) is 14.5. The molecule has 0 fully saturated rings. The fraction of sp³-hybridized carbons (Fsp3) is 0. The molecule has 0 spiro atoms. The van der Waals surface area contributed by atoms with Gasteiger partial charge in [0.1, 0.15) is 11.5 Å². The molecular weight excluding hydrogens is 387 g/mol. The first kappa shape index (κ1) is 19.0. The number of amides is 1. The van der Waals surface area contributed by atoms with Gasteiger partial charge in [-0.05, 0) is 36.4 Å². The van der Waals surface area contributed by atoms with Crippen LogP contribution in [-0.2, 0) is 0 Å². The lowest BCUT2D eigenvalue weighted by Gasteiger charge is -2.05. The van der Waals surface area contributed by atoms with Gasteiger partial charge in [-0.25, -0.2) is 9.07 Å². The lowest BCUT2D eigenvalue weighted by molar-refractivity contribution is -0.384. The summed E-state index contributed by atoms with van der Waals surface area (Å²) >= 11 is 0. The summed E-state index contributed by atoms with van der Waals surface area (Å²) in [5, 5.41) is 18.4. The number of nitro benzene ring substituents is 1. The van der Waals surface area contributed by atoms with Gasteiger partial charge < -0.3 is 5.32 Å². The molecule has 0 atom stereocenters. The van der Waals surface area contributed by atoms with E-state index in [1.165, 1.54) is 47.1 Å². The van der Waals surface area contributed by atoms with Crippen molar-refractivity contribution in [1.82, 2.24) is 9.78 Å². The van der Waals surface area contributed by atoms with Gasteiger partial charge in [-0.2, -0.15) is 5.10 Å². The van der Waals surface area contributed by atoms with E-state index in [2.05, 4.69) is 10.4 Å². The summed E-state index contributed by atoms with van der Waals surface area (Å²) in [4.78, 5) is 23.6. The molecule has 1 N–H and O–H groups in total. The van der Waals surface area contributed by atoms with Gasteiger partial charge in [-0.1, -0.05) is 30.3 Å². The van der Waals surface area contributed by atoms with Crippen molar-refractivity contribution in [2.75, 3.05) is 5.32 Å². The van der Waals surface area contributed by atoms with Crippen molar-refractivity contribution in [3.63, 3.8) is 0 Å². The Morgan fingerprint density at radius 2 is 1.73 bits per heavy atom. The molecule has 30 heavy (non-hydrogen) atoms. The zero-order chi connectivity index (χ0) is 21.1. The van der Waals surface area contributed by atoms with Gasteiger partial charge in [0.2, 0.25) is 0 Å². The second kappa shape index (κ2) is 7.96. The second-order valence-electron chi connectivity index (χ2n) is 6.44. The highest BCUT2D eigenvalue weighted by atomic mass is 19.1. The summed E-state index contributed by atoms with van der Waals surface area (Å²) in [6.07, 6.45) is 1.56. The summed E-state index contributed by atoms with van der Waals surface area (Å²) in [7, 11) is 0. The molecular formula is C22H15FN4O3. The van der Waals surface area contributed by atoms with E-state index in [0.29, 0.717) is 16.9 Å². The van der Waals surface area contributed by atoms with Crippen LogP contribution in [0.4, 0.5) is 15.8 Å². The van der Waals surface area contributed by atoms with Gasteiger partial charge >= 0.3 is 0 Å². The minimum atomic E-state index is -0.504. The lowest BCUT2D eigenvalue weighted by Crippen LogP contribution is -2.12. The number of carbonyl (C=O) groups excluding carboxylic acids is 1. The van der Waals surface area contributed by atoms with Gasteiger partial charge in [0.25, 0.3) is 11.6 Å². The fourth-order valence-electron chi connectivity index (χ4n) is 2.96. The highest BCUT2D eigenvalue weighted by Crippen LogP contribution is 2.27. The molecule has 4 rings (SSSR count). The Morgan fingerprint density at radius 3 is 2.43 bits per heavy atom. The number of carbonyl (C=O) groups is 1. The smallest absolute Gasteiger partial charge is 0.270 e. The molecule has 148 valence electrons. The van der Waals surface area contributed by atoms with Crippen LogP contribution in [0.25, 0.3) is 16.9 Å². The first-order valence-corrected chi connectivity index (χ1v) is 8.98. The number of hydrogen-bond acceptors (Lipinski definition) is 4. The molecule has 0 saturated carbocycles. The predicted molar refractivity (Wildman–Crippen MR) is 110 cm³/mol. The zero-order valence-corrected chi connectivity index (χ0v) is 15.5. The lowest BCUT2D eigenvalue weighted by atomic mass is 10.1. The summed E-state index contributed by atoms with van der Waals surface area (Å²) in [6.45, 7) is 0. The van der Waals surface area contributed by atoms with E-state index in [-0.39, 0.29) is 11.3 Å².